The van der Waals surface area contributed by atoms with Crippen LogP contribution in [0.4, 0.5) is 0 Å². The Labute approximate surface area is 231 Å². The van der Waals surface area contributed by atoms with E-state index in [2.05, 4.69) is 34.3 Å². The van der Waals surface area contributed by atoms with Crippen LogP contribution >= 0.6 is 24.0 Å². The van der Waals surface area contributed by atoms with E-state index in [1.165, 1.54) is 66.1 Å². The van der Waals surface area contributed by atoms with Gasteiger partial charge in [0.1, 0.15) is 10.6 Å². The smallest absolute Gasteiger partial charge is 0.181 e. The summed E-state index contributed by atoms with van der Waals surface area (Å²) in [6.45, 7) is 2.70. The highest BCUT2D eigenvalue weighted by Gasteiger charge is 2.35. The van der Waals surface area contributed by atoms with Gasteiger partial charge in [-0.3, -0.25) is 9.58 Å². The van der Waals surface area contributed by atoms with Crippen LogP contribution in [0.15, 0.2) is 59.8 Å². The van der Waals surface area contributed by atoms with Crippen LogP contribution in [0.5, 0.6) is 5.75 Å². The third-order valence-corrected chi connectivity index (χ3v) is 9.50. The lowest BCUT2D eigenvalue weighted by Gasteiger charge is -2.39. The monoisotopic (exact) mass is 563 g/mol. The average molecular weight is 565 g/mol. The third-order valence-electron chi connectivity index (χ3n) is 7.51. The molecule has 1 fully saturated rings. The fourth-order valence-electron chi connectivity index (χ4n) is 5.74. The van der Waals surface area contributed by atoms with Gasteiger partial charge in [-0.15, -0.1) is 12.4 Å². The second kappa shape index (κ2) is 12.2. The van der Waals surface area contributed by atoms with Crippen molar-refractivity contribution >= 4 is 33.8 Å². The number of ether oxygens (including phenoxy) is 1. The van der Waals surface area contributed by atoms with Crippen molar-refractivity contribution in [3.05, 3.63) is 76.6 Å². The van der Waals surface area contributed by atoms with Gasteiger partial charge in [0.2, 0.25) is 0 Å². The number of benzene rings is 2. The van der Waals surface area contributed by atoms with E-state index in [4.69, 9.17) is 16.3 Å². The number of likely N-dealkylation sites (tertiary alicyclic amines) is 1. The van der Waals surface area contributed by atoms with Gasteiger partial charge in [0.15, 0.2) is 9.84 Å². The van der Waals surface area contributed by atoms with E-state index >= 15 is 0 Å². The zero-order valence-corrected chi connectivity index (χ0v) is 23.6. The molecule has 2 aromatic carbocycles. The molecule has 0 N–H and O–H groups in total. The molecule has 5 rings (SSSR count). The molecular weight excluding hydrogens is 529 g/mol. The van der Waals surface area contributed by atoms with Gasteiger partial charge in [0.25, 0.3) is 0 Å². The maximum atomic E-state index is 12.5. The molecule has 200 valence electrons. The molecule has 2 heterocycles. The summed E-state index contributed by atoms with van der Waals surface area (Å²) in [5.74, 6) is 1.23. The molecule has 0 spiro atoms. The summed E-state index contributed by atoms with van der Waals surface area (Å²) >= 11 is 6.32. The molecule has 37 heavy (non-hydrogen) atoms. The predicted octanol–water partition coefficient (Wildman–Crippen LogP) is 5.48. The molecule has 0 bridgehead atoms. The molecule has 2 unspecified atom stereocenters. The maximum absolute atomic E-state index is 12.5. The fraction of sp³-hybridized carbons (Fsp3) is 0.464. The minimum atomic E-state index is -3.35. The lowest BCUT2D eigenvalue weighted by atomic mass is 9.75. The van der Waals surface area contributed by atoms with Crippen molar-refractivity contribution in [3.63, 3.8) is 0 Å². The zero-order chi connectivity index (χ0) is 25.1. The van der Waals surface area contributed by atoms with Gasteiger partial charge in [-0.1, -0.05) is 29.8 Å². The molecule has 1 aromatic heterocycles. The van der Waals surface area contributed by atoms with Crippen molar-refractivity contribution in [2.24, 2.45) is 7.05 Å². The number of rotatable bonds is 9. The number of sulfone groups is 1. The standard InChI is InChI=1S/C28H34ClN3O3S.ClH/c1-31-20-25(19-30-31)36(33,34)15-5-14-35-24-10-8-22-9-11-28(32-12-2-3-13-32)27(26(22)18-24)17-21-6-4-7-23(29)16-21;/h4,6-8,10,16,18-20,27-28H,2-3,5,9,11-15,17H2,1H3;1H. The van der Waals surface area contributed by atoms with E-state index in [9.17, 15) is 8.42 Å². The predicted molar refractivity (Wildman–Crippen MR) is 150 cm³/mol. The number of nitrogens with zero attached hydrogens (tertiary/aromatic N) is 3. The van der Waals surface area contributed by atoms with Crippen LogP contribution in [0, 0.1) is 0 Å². The summed E-state index contributed by atoms with van der Waals surface area (Å²) < 4.78 is 32.6. The molecule has 6 nitrogen and oxygen atoms in total. The minimum absolute atomic E-state index is 0. The molecule has 1 aliphatic heterocycles. The van der Waals surface area contributed by atoms with Gasteiger partial charge in [0, 0.05) is 30.2 Å². The van der Waals surface area contributed by atoms with Crippen LogP contribution < -0.4 is 4.74 Å². The zero-order valence-electron chi connectivity index (χ0n) is 21.2. The Morgan fingerprint density at radius 1 is 1.14 bits per heavy atom. The number of hydrogen-bond donors (Lipinski definition) is 0. The van der Waals surface area contributed by atoms with Gasteiger partial charge in [-0.05, 0) is 92.6 Å². The van der Waals surface area contributed by atoms with Gasteiger partial charge >= 0.3 is 0 Å². The number of halogens is 2. The first-order valence-corrected chi connectivity index (χ1v) is 14.9. The molecule has 9 heteroatoms. The van der Waals surface area contributed by atoms with E-state index in [1.54, 1.807) is 7.05 Å². The minimum Gasteiger partial charge on any atom is -0.494 e. The Morgan fingerprint density at radius 3 is 2.68 bits per heavy atom. The Morgan fingerprint density at radius 2 is 1.95 bits per heavy atom. The van der Waals surface area contributed by atoms with E-state index in [1.807, 2.05) is 18.2 Å². The van der Waals surface area contributed by atoms with Crippen molar-refractivity contribution in [3.8, 4) is 5.75 Å². The Balaban J connectivity index is 0.00000320. The van der Waals surface area contributed by atoms with E-state index in [0.29, 0.717) is 25.0 Å². The van der Waals surface area contributed by atoms with Crippen molar-refractivity contribution in [2.45, 2.75) is 55.4 Å². The number of hydrogen-bond acceptors (Lipinski definition) is 5. The summed E-state index contributed by atoms with van der Waals surface area (Å²) in [5, 5.41) is 4.75. The summed E-state index contributed by atoms with van der Waals surface area (Å²) in [6, 6.07) is 15.2. The average Bonchev–Trinajstić information content (AvgIpc) is 3.55. The van der Waals surface area contributed by atoms with E-state index in [0.717, 1.165) is 23.6 Å². The molecule has 2 aliphatic rings. The summed E-state index contributed by atoms with van der Waals surface area (Å²) in [7, 11) is -1.64. The van der Waals surface area contributed by atoms with Crippen LogP contribution in [0.3, 0.4) is 0 Å². The van der Waals surface area contributed by atoms with E-state index < -0.39 is 9.84 Å². The van der Waals surface area contributed by atoms with Crippen molar-refractivity contribution in [1.82, 2.24) is 14.7 Å². The number of fused-ring (bicyclic) bond motifs is 1. The van der Waals surface area contributed by atoms with Gasteiger partial charge in [-0.25, -0.2) is 8.42 Å². The van der Waals surface area contributed by atoms with Crippen LogP contribution in [-0.4, -0.2) is 54.6 Å². The third kappa shape index (κ3) is 6.69. The lowest BCUT2D eigenvalue weighted by molar-refractivity contribution is 0.188. The molecule has 3 aromatic rings. The number of aromatic nitrogens is 2. The first-order chi connectivity index (χ1) is 17.4. The van der Waals surface area contributed by atoms with Crippen molar-refractivity contribution < 1.29 is 13.2 Å². The molecule has 0 saturated carbocycles. The summed E-state index contributed by atoms with van der Waals surface area (Å²) in [4.78, 5) is 2.94. The lowest BCUT2D eigenvalue weighted by Crippen LogP contribution is -2.41. The largest absolute Gasteiger partial charge is 0.494 e. The van der Waals surface area contributed by atoms with Gasteiger partial charge in [0.05, 0.1) is 18.6 Å². The Hall–Kier alpha value is -2.06. The second-order valence-corrected chi connectivity index (χ2v) is 12.6. The van der Waals surface area contributed by atoms with Gasteiger partial charge < -0.3 is 4.74 Å². The quantitative estimate of drug-likeness (QED) is 0.323. The highest BCUT2D eigenvalue weighted by Crippen LogP contribution is 2.40. The van der Waals surface area contributed by atoms with Crippen LogP contribution in [0.25, 0.3) is 0 Å². The highest BCUT2D eigenvalue weighted by atomic mass is 35.5. The summed E-state index contributed by atoms with van der Waals surface area (Å²) in [5.41, 5.74) is 4.01. The molecule has 0 radical (unpaired) electrons. The maximum Gasteiger partial charge on any atom is 0.181 e. The van der Waals surface area contributed by atoms with Crippen molar-refractivity contribution in [2.75, 3.05) is 25.4 Å². The molecule has 2 atom stereocenters. The second-order valence-electron chi connectivity index (χ2n) is 10.0. The highest BCUT2D eigenvalue weighted by molar-refractivity contribution is 7.91. The van der Waals surface area contributed by atoms with Crippen molar-refractivity contribution in [1.29, 1.82) is 0 Å². The van der Waals surface area contributed by atoms with Crippen LogP contribution in [0.2, 0.25) is 5.02 Å². The van der Waals surface area contributed by atoms with Crippen LogP contribution in [-0.2, 0) is 29.7 Å². The molecule has 0 amide bonds. The van der Waals surface area contributed by atoms with Crippen LogP contribution in [0.1, 0.15) is 48.3 Å². The molecule has 1 saturated heterocycles. The normalized spacial score (nSPS) is 19.8. The van der Waals surface area contributed by atoms with E-state index in [-0.39, 0.29) is 23.1 Å². The molecular formula is C28H35Cl2N3O3S. The van der Waals surface area contributed by atoms with Gasteiger partial charge in [-0.2, -0.15) is 5.10 Å². The topological polar surface area (TPSA) is 64.4 Å². The first-order valence-electron chi connectivity index (χ1n) is 12.8. The Bertz CT molecular complexity index is 1310. The fourth-order valence-corrected chi connectivity index (χ4v) is 7.21. The summed E-state index contributed by atoms with van der Waals surface area (Å²) in [6.07, 6.45) is 9.11. The molecule has 1 aliphatic carbocycles. The first kappa shape index (κ1) is 28.0. The Kier molecular flexibility index (Phi) is 9.22. The SMILES string of the molecule is Cl.Cn1cc(S(=O)(=O)CCCOc2ccc3c(c2)C(Cc2cccc(Cl)c2)C(N2CCCC2)CC3)cn1. The number of aryl methyl sites for hydroxylation is 2.